The fourth-order valence-electron chi connectivity index (χ4n) is 2.12. The predicted octanol–water partition coefficient (Wildman–Crippen LogP) is 3.51. The molecule has 1 aromatic heterocycles. The third-order valence-electron chi connectivity index (χ3n) is 2.88. The Morgan fingerprint density at radius 1 is 1.17 bits per heavy atom. The van der Waals surface area contributed by atoms with E-state index in [1.165, 1.54) is 11.3 Å². The van der Waals surface area contributed by atoms with Crippen molar-refractivity contribution in [1.82, 2.24) is 4.98 Å². The molecule has 0 radical (unpaired) electrons. The first-order chi connectivity index (χ1) is 11.0. The molecule has 2 amide bonds. The molecule has 122 valence electrons. The molecule has 23 heavy (non-hydrogen) atoms. The first-order valence-electron chi connectivity index (χ1n) is 7.22. The van der Waals surface area contributed by atoms with Crippen molar-refractivity contribution in [1.29, 1.82) is 0 Å². The number of hydrogen-bond donors (Lipinski definition) is 2. The average Bonchev–Trinajstić information content (AvgIpc) is 2.84. The Labute approximate surface area is 138 Å². The Bertz CT molecular complexity index is 692. The summed E-state index contributed by atoms with van der Waals surface area (Å²) >= 11 is 1.25. The Morgan fingerprint density at radius 3 is 2.52 bits per heavy atom. The SMILES string of the molecule is CCOC(=O)Nc1nc(CC(=O)Nc2cc(C)cc(C)c2)cs1. The van der Waals surface area contributed by atoms with Crippen LogP contribution in [0.1, 0.15) is 23.7 Å². The van der Waals surface area contributed by atoms with Crippen LogP contribution in [0, 0.1) is 13.8 Å². The number of hydrogen-bond acceptors (Lipinski definition) is 5. The lowest BCUT2D eigenvalue weighted by Gasteiger charge is -2.06. The third-order valence-corrected chi connectivity index (χ3v) is 3.69. The summed E-state index contributed by atoms with van der Waals surface area (Å²) in [4.78, 5) is 27.6. The molecule has 0 aliphatic carbocycles. The van der Waals surface area contributed by atoms with E-state index in [2.05, 4.69) is 15.6 Å². The number of amides is 2. The van der Waals surface area contributed by atoms with Crippen LogP contribution in [-0.2, 0) is 16.0 Å². The van der Waals surface area contributed by atoms with Gasteiger partial charge in [0.15, 0.2) is 5.13 Å². The monoisotopic (exact) mass is 333 g/mol. The van der Waals surface area contributed by atoms with Gasteiger partial charge in [-0.2, -0.15) is 0 Å². The first kappa shape index (κ1) is 17.0. The summed E-state index contributed by atoms with van der Waals surface area (Å²) in [7, 11) is 0. The molecule has 6 nitrogen and oxygen atoms in total. The topological polar surface area (TPSA) is 80.3 Å². The van der Waals surface area contributed by atoms with Gasteiger partial charge in [-0.1, -0.05) is 6.07 Å². The number of rotatable bonds is 5. The maximum absolute atomic E-state index is 12.1. The summed E-state index contributed by atoms with van der Waals surface area (Å²) in [5.41, 5.74) is 3.56. The van der Waals surface area contributed by atoms with Crippen molar-refractivity contribution in [3.63, 3.8) is 0 Å². The zero-order valence-electron chi connectivity index (χ0n) is 13.3. The molecule has 0 saturated carbocycles. The van der Waals surface area contributed by atoms with Crippen molar-refractivity contribution in [2.45, 2.75) is 27.2 Å². The maximum Gasteiger partial charge on any atom is 0.413 e. The van der Waals surface area contributed by atoms with Gasteiger partial charge in [0.25, 0.3) is 0 Å². The number of carbonyl (C=O) groups excluding carboxylic acids is 2. The number of nitrogens with zero attached hydrogens (tertiary/aromatic N) is 1. The van der Waals surface area contributed by atoms with Crippen LogP contribution in [0.2, 0.25) is 0 Å². The molecule has 0 bridgehead atoms. The van der Waals surface area contributed by atoms with Crippen LogP contribution in [0.5, 0.6) is 0 Å². The van der Waals surface area contributed by atoms with Gasteiger partial charge in [-0.3, -0.25) is 10.1 Å². The van der Waals surface area contributed by atoms with E-state index in [-0.39, 0.29) is 12.3 Å². The van der Waals surface area contributed by atoms with Crippen LogP contribution in [0.25, 0.3) is 0 Å². The molecule has 0 saturated heterocycles. The number of carbonyl (C=O) groups is 2. The fourth-order valence-corrected chi connectivity index (χ4v) is 2.81. The molecule has 0 unspecified atom stereocenters. The molecule has 0 spiro atoms. The quantitative estimate of drug-likeness (QED) is 0.877. The molecule has 0 fully saturated rings. The highest BCUT2D eigenvalue weighted by Gasteiger charge is 2.10. The van der Waals surface area contributed by atoms with E-state index in [0.717, 1.165) is 16.8 Å². The number of anilines is 2. The summed E-state index contributed by atoms with van der Waals surface area (Å²) in [6, 6.07) is 5.88. The van der Waals surface area contributed by atoms with E-state index in [0.29, 0.717) is 17.4 Å². The van der Waals surface area contributed by atoms with Gasteiger partial charge in [0, 0.05) is 11.1 Å². The Balaban J connectivity index is 1.93. The zero-order chi connectivity index (χ0) is 16.8. The summed E-state index contributed by atoms with van der Waals surface area (Å²) < 4.78 is 4.77. The van der Waals surface area contributed by atoms with Crippen LogP contribution in [0.4, 0.5) is 15.6 Å². The van der Waals surface area contributed by atoms with Gasteiger partial charge < -0.3 is 10.1 Å². The average molecular weight is 333 g/mol. The summed E-state index contributed by atoms with van der Waals surface area (Å²) in [6.45, 7) is 5.99. The Morgan fingerprint density at radius 2 is 1.87 bits per heavy atom. The molecule has 1 aromatic carbocycles. The molecule has 7 heteroatoms. The second kappa shape index (κ2) is 7.73. The van der Waals surface area contributed by atoms with Crippen LogP contribution in [0.3, 0.4) is 0 Å². The maximum atomic E-state index is 12.1. The number of aryl methyl sites for hydroxylation is 2. The van der Waals surface area contributed by atoms with E-state index < -0.39 is 6.09 Å². The largest absolute Gasteiger partial charge is 0.450 e. The lowest BCUT2D eigenvalue weighted by Crippen LogP contribution is -2.15. The molecule has 0 aliphatic heterocycles. The third kappa shape index (κ3) is 5.37. The number of ether oxygens (including phenoxy) is 1. The van der Waals surface area contributed by atoms with Gasteiger partial charge in [-0.15, -0.1) is 11.3 Å². The molecule has 0 atom stereocenters. The van der Waals surface area contributed by atoms with Gasteiger partial charge in [-0.05, 0) is 44.0 Å². The van der Waals surface area contributed by atoms with Crippen molar-refractivity contribution in [2.24, 2.45) is 0 Å². The number of benzene rings is 1. The standard InChI is InChI=1S/C16H19N3O3S/c1-4-22-16(21)19-15-18-13(9-23-15)8-14(20)17-12-6-10(2)5-11(3)7-12/h5-7,9H,4,8H2,1-3H3,(H,17,20)(H,18,19,21). The number of aromatic nitrogens is 1. The van der Waals surface area contributed by atoms with Crippen LogP contribution < -0.4 is 10.6 Å². The van der Waals surface area contributed by atoms with Gasteiger partial charge in [0.05, 0.1) is 18.7 Å². The highest BCUT2D eigenvalue weighted by molar-refractivity contribution is 7.13. The number of thiazole rings is 1. The molecular formula is C16H19N3O3S. The zero-order valence-corrected chi connectivity index (χ0v) is 14.1. The van der Waals surface area contributed by atoms with E-state index >= 15 is 0 Å². The van der Waals surface area contributed by atoms with Crippen LogP contribution in [0.15, 0.2) is 23.6 Å². The van der Waals surface area contributed by atoms with E-state index in [1.54, 1.807) is 12.3 Å². The summed E-state index contributed by atoms with van der Waals surface area (Å²) in [5.74, 6) is -0.150. The van der Waals surface area contributed by atoms with Gasteiger partial charge >= 0.3 is 6.09 Å². The highest BCUT2D eigenvalue weighted by atomic mass is 32.1. The molecule has 1 heterocycles. The summed E-state index contributed by atoms with van der Waals surface area (Å²) in [6.07, 6.45) is -0.401. The van der Waals surface area contributed by atoms with Crippen molar-refractivity contribution < 1.29 is 14.3 Å². The van der Waals surface area contributed by atoms with Gasteiger partial charge in [-0.25, -0.2) is 9.78 Å². The molecule has 2 rings (SSSR count). The number of nitrogens with one attached hydrogen (secondary N) is 2. The summed E-state index contributed by atoms with van der Waals surface area (Å²) in [5, 5.41) is 7.52. The van der Waals surface area contributed by atoms with Crippen LogP contribution in [-0.4, -0.2) is 23.6 Å². The first-order valence-corrected chi connectivity index (χ1v) is 8.10. The predicted molar refractivity (Wildman–Crippen MR) is 91.0 cm³/mol. The Hall–Kier alpha value is -2.41. The van der Waals surface area contributed by atoms with Crippen LogP contribution >= 0.6 is 11.3 Å². The molecule has 0 aliphatic rings. The van der Waals surface area contributed by atoms with Gasteiger partial charge in [0.2, 0.25) is 5.91 Å². The molecular weight excluding hydrogens is 314 g/mol. The highest BCUT2D eigenvalue weighted by Crippen LogP contribution is 2.17. The smallest absolute Gasteiger partial charge is 0.413 e. The molecule has 2 N–H and O–H groups in total. The minimum Gasteiger partial charge on any atom is -0.450 e. The normalized spacial score (nSPS) is 10.2. The van der Waals surface area contributed by atoms with Crippen molar-refractivity contribution >= 4 is 34.2 Å². The molecule has 2 aromatic rings. The van der Waals surface area contributed by atoms with E-state index in [4.69, 9.17) is 4.74 Å². The lowest BCUT2D eigenvalue weighted by atomic mass is 10.1. The second-order valence-electron chi connectivity index (χ2n) is 5.09. The van der Waals surface area contributed by atoms with Gasteiger partial charge in [0.1, 0.15) is 0 Å². The minimum absolute atomic E-state index is 0.147. The Kier molecular flexibility index (Phi) is 5.70. The van der Waals surface area contributed by atoms with Crippen molar-refractivity contribution in [2.75, 3.05) is 17.2 Å². The van der Waals surface area contributed by atoms with Crippen molar-refractivity contribution in [3.8, 4) is 0 Å². The fraction of sp³-hybridized carbons (Fsp3) is 0.312. The van der Waals surface area contributed by atoms with Crippen molar-refractivity contribution in [3.05, 3.63) is 40.4 Å². The van der Waals surface area contributed by atoms with E-state index in [1.807, 2.05) is 32.0 Å². The van der Waals surface area contributed by atoms with E-state index in [9.17, 15) is 9.59 Å². The second-order valence-corrected chi connectivity index (χ2v) is 5.95. The lowest BCUT2D eigenvalue weighted by molar-refractivity contribution is -0.115. The minimum atomic E-state index is -0.548.